The standard InChI is InChI=1S/C41H48Cl2N2O7/c1-23(2)30-14-8-24(3)16-35(30)51-39(47)34-19-27-18-33-36(20-28(27)21-45(34)40(48)52-41(4,5)6)50-37(38(46)44(33)7)26-10-12-29(13-11-26)49-22-25-9-15-31(42)32(43)17-25/h9-13,15,17-18,20,23-24,30,34-35,37H,8,14,16,19,21-22H2,1-7H3/t24-,30+,34+,35-,37+/m1/s1. The van der Waals surface area contributed by atoms with E-state index in [-0.39, 0.29) is 30.9 Å². The quantitative estimate of drug-likeness (QED) is 0.222. The zero-order chi connectivity index (χ0) is 37.5. The number of benzene rings is 3. The van der Waals surface area contributed by atoms with E-state index < -0.39 is 29.8 Å². The fourth-order valence-electron chi connectivity index (χ4n) is 7.38. The van der Waals surface area contributed by atoms with Crippen molar-refractivity contribution in [2.75, 3.05) is 11.9 Å². The first-order valence-corrected chi connectivity index (χ1v) is 18.8. The fraction of sp³-hybridized carbons (Fsp3) is 0.488. The number of halogens is 2. The predicted molar refractivity (Wildman–Crippen MR) is 201 cm³/mol. The molecule has 2 heterocycles. The lowest BCUT2D eigenvalue weighted by molar-refractivity contribution is -0.162. The third kappa shape index (κ3) is 8.31. The highest BCUT2D eigenvalue weighted by molar-refractivity contribution is 6.42. The van der Waals surface area contributed by atoms with Crippen LogP contribution in [-0.4, -0.2) is 47.7 Å². The van der Waals surface area contributed by atoms with Gasteiger partial charge in [0.2, 0.25) is 6.10 Å². The van der Waals surface area contributed by atoms with Crippen LogP contribution in [0.2, 0.25) is 10.0 Å². The normalized spacial score (nSPS) is 23.0. The van der Waals surface area contributed by atoms with E-state index in [9.17, 15) is 14.4 Å². The molecule has 1 fully saturated rings. The van der Waals surface area contributed by atoms with Gasteiger partial charge >= 0.3 is 12.1 Å². The minimum Gasteiger partial charge on any atom is -0.489 e. The zero-order valence-electron chi connectivity index (χ0n) is 30.9. The van der Waals surface area contributed by atoms with Crippen LogP contribution < -0.4 is 14.4 Å². The Kier molecular flexibility index (Phi) is 11.0. The lowest BCUT2D eigenvalue weighted by Crippen LogP contribution is -2.52. The van der Waals surface area contributed by atoms with Gasteiger partial charge in [0.25, 0.3) is 5.91 Å². The summed E-state index contributed by atoms with van der Waals surface area (Å²) in [7, 11) is 1.72. The van der Waals surface area contributed by atoms with Gasteiger partial charge in [-0.1, -0.05) is 68.6 Å². The van der Waals surface area contributed by atoms with Crippen molar-refractivity contribution in [3.05, 3.63) is 86.9 Å². The van der Waals surface area contributed by atoms with Crippen molar-refractivity contribution in [1.29, 1.82) is 0 Å². The number of esters is 1. The Bertz CT molecular complexity index is 1820. The molecule has 5 atom stereocenters. The molecule has 2 amide bonds. The van der Waals surface area contributed by atoms with Crippen LogP contribution in [0.5, 0.6) is 11.5 Å². The van der Waals surface area contributed by atoms with Gasteiger partial charge in [-0.3, -0.25) is 9.69 Å². The van der Waals surface area contributed by atoms with E-state index in [1.54, 1.807) is 69.1 Å². The van der Waals surface area contributed by atoms with Gasteiger partial charge in [0.05, 0.1) is 22.3 Å². The van der Waals surface area contributed by atoms with E-state index in [1.165, 1.54) is 4.90 Å². The molecular formula is C41H48Cl2N2O7. The molecule has 1 aliphatic carbocycles. The molecule has 0 N–H and O–H groups in total. The predicted octanol–water partition coefficient (Wildman–Crippen LogP) is 9.33. The smallest absolute Gasteiger partial charge is 0.411 e. The molecule has 2 aliphatic heterocycles. The average molecular weight is 752 g/mol. The summed E-state index contributed by atoms with van der Waals surface area (Å²) in [6.07, 6.45) is 1.47. The molecule has 3 aromatic rings. The highest BCUT2D eigenvalue weighted by Crippen LogP contribution is 2.43. The lowest BCUT2D eigenvalue weighted by Gasteiger charge is -2.41. The third-order valence-corrected chi connectivity index (χ3v) is 11.0. The van der Waals surface area contributed by atoms with Crippen LogP contribution in [0.1, 0.15) is 89.2 Å². The van der Waals surface area contributed by atoms with Crippen molar-refractivity contribution < 1.29 is 33.3 Å². The first kappa shape index (κ1) is 37.8. The van der Waals surface area contributed by atoms with E-state index in [2.05, 4.69) is 20.8 Å². The second-order valence-electron chi connectivity index (χ2n) is 15.7. The summed E-state index contributed by atoms with van der Waals surface area (Å²) in [5.41, 5.74) is 3.04. The molecule has 6 rings (SSSR count). The molecule has 0 radical (unpaired) electrons. The first-order chi connectivity index (χ1) is 24.6. The number of rotatable bonds is 7. The molecule has 0 unspecified atom stereocenters. The maximum atomic E-state index is 14.0. The van der Waals surface area contributed by atoms with Crippen LogP contribution >= 0.6 is 23.2 Å². The topological polar surface area (TPSA) is 94.6 Å². The number of hydrogen-bond donors (Lipinski definition) is 0. The first-order valence-electron chi connectivity index (χ1n) is 18.0. The molecular weight excluding hydrogens is 703 g/mol. The van der Waals surface area contributed by atoms with E-state index in [4.69, 9.17) is 42.1 Å². The number of hydrogen-bond acceptors (Lipinski definition) is 7. The molecule has 3 aromatic carbocycles. The number of carbonyl (C=O) groups is 3. The van der Waals surface area contributed by atoms with E-state index in [0.717, 1.165) is 36.0 Å². The maximum absolute atomic E-state index is 14.0. The average Bonchev–Trinajstić information content (AvgIpc) is 3.08. The summed E-state index contributed by atoms with van der Waals surface area (Å²) in [6, 6.07) is 15.4. The number of nitrogens with zero attached hydrogens (tertiary/aromatic N) is 2. The Morgan fingerprint density at radius 3 is 2.38 bits per heavy atom. The highest BCUT2D eigenvalue weighted by atomic mass is 35.5. The monoisotopic (exact) mass is 750 g/mol. The minimum atomic E-state index is -0.889. The van der Waals surface area contributed by atoms with Gasteiger partial charge in [0.1, 0.15) is 35.9 Å². The van der Waals surface area contributed by atoms with Crippen molar-refractivity contribution >= 4 is 46.9 Å². The molecule has 0 saturated heterocycles. The summed E-state index contributed by atoms with van der Waals surface area (Å²) in [4.78, 5) is 44.4. The Morgan fingerprint density at radius 1 is 0.981 bits per heavy atom. The van der Waals surface area contributed by atoms with E-state index in [1.807, 2.05) is 18.2 Å². The lowest BCUT2D eigenvalue weighted by atomic mass is 9.75. The zero-order valence-corrected chi connectivity index (χ0v) is 32.4. The van der Waals surface area contributed by atoms with Crippen LogP contribution in [0.25, 0.3) is 0 Å². The van der Waals surface area contributed by atoms with Crippen LogP contribution in [0.15, 0.2) is 54.6 Å². The summed E-state index contributed by atoms with van der Waals surface area (Å²) in [5, 5.41) is 0.938. The van der Waals surface area contributed by atoms with Crippen LogP contribution in [0.3, 0.4) is 0 Å². The molecule has 9 nitrogen and oxygen atoms in total. The number of fused-ring (bicyclic) bond motifs is 2. The van der Waals surface area contributed by atoms with Gasteiger partial charge in [0.15, 0.2) is 0 Å². The molecule has 0 spiro atoms. The Balaban J connectivity index is 1.22. The van der Waals surface area contributed by atoms with Gasteiger partial charge in [-0.15, -0.1) is 0 Å². The van der Waals surface area contributed by atoms with Crippen LogP contribution in [-0.2, 0) is 38.6 Å². The van der Waals surface area contributed by atoms with E-state index >= 15 is 0 Å². The van der Waals surface area contributed by atoms with Crippen molar-refractivity contribution in [2.24, 2.45) is 17.8 Å². The highest BCUT2D eigenvalue weighted by Gasteiger charge is 2.43. The fourth-order valence-corrected chi connectivity index (χ4v) is 7.70. The number of likely N-dealkylation sites (N-methyl/N-ethyl adjacent to an activating group) is 1. The largest absolute Gasteiger partial charge is 0.489 e. The number of carbonyl (C=O) groups excluding carboxylic acids is 3. The van der Waals surface area contributed by atoms with Crippen molar-refractivity contribution in [2.45, 2.75) is 104 Å². The molecule has 11 heteroatoms. The van der Waals surface area contributed by atoms with Crippen molar-refractivity contribution in [3.8, 4) is 11.5 Å². The van der Waals surface area contributed by atoms with Gasteiger partial charge in [0, 0.05) is 19.0 Å². The maximum Gasteiger partial charge on any atom is 0.411 e. The molecule has 1 saturated carbocycles. The van der Waals surface area contributed by atoms with Gasteiger partial charge in [-0.2, -0.15) is 0 Å². The number of amides is 2. The summed E-state index contributed by atoms with van der Waals surface area (Å²) >= 11 is 12.2. The summed E-state index contributed by atoms with van der Waals surface area (Å²) < 4.78 is 24.4. The Hall–Kier alpha value is -3.95. The number of ether oxygens (including phenoxy) is 4. The molecule has 0 aromatic heterocycles. The molecule has 0 bridgehead atoms. The minimum absolute atomic E-state index is 0.128. The van der Waals surface area contributed by atoms with Gasteiger partial charge < -0.3 is 23.8 Å². The Labute approximate surface area is 316 Å². The second kappa shape index (κ2) is 15.2. The number of anilines is 1. The van der Waals surface area contributed by atoms with Crippen LogP contribution in [0.4, 0.5) is 10.5 Å². The molecule has 278 valence electrons. The SMILES string of the molecule is CC(C)[C@@H]1CC[C@@H](C)C[C@H]1OC(=O)[C@@H]1Cc2cc3c(cc2CN1C(=O)OC(C)(C)C)O[C@@H](c1ccc(OCc2ccc(Cl)c(Cl)c2)cc1)C(=O)N3C. The summed E-state index contributed by atoms with van der Waals surface area (Å²) in [6.45, 7) is 12.4. The van der Waals surface area contributed by atoms with Gasteiger partial charge in [-0.25, -0.2) is 9.59 Å². The van der Waals surface area contributed by atoms with E-state index in [0.29, 0.717) is 51.2 Å². The van der Waals surface area contributed by atoms with Gasteiger partial charge in [-0.05, 0) is 104 Å². The van der Waals surface area contributed by atoms with Crippen molar-refractivity contribution in [3.63, 3.8) is 0 Å². The molecule has 52 heavy (non-hydrogen) atoms. The second-order valence-corrected chi connectivity index (χ2v) is 16.5. The van der Waals surface area contributed by atoms with Crippen molar-refractivity contribution in [1.82, 2.24) is 4.90 Å². The summed E-state index contributed by atoms with van der Waals surface area (Å²) in [5.74, 6) is 1.56. The molecule has 3 aliphatic rings. The Morgan fingerprint density at radius 2 is 1.71 bits per heavy atom. The van der Waals surface area contributed by atoms with Crippen LogP contribution in [0, 0.1) is 17.8 Å². The third-order valence-electron chi connectivity index (χ3n) is 10.3.